The summed E-state index contributed by atoms with van der Waals surface area (Å²) in [5.74, 6) is 0.968. The van der Waals surface area contributed by atoms with Crippen molar-refractivity contribution < 1.29 is 0 Å². The predicted molar refractivity (Wildman–Crippen MR) is 134 cm³/mol. The maximum absolute atomic E-state index is 2.57. The van der Waals surface area contributed by atoms with E-state index in [1.807, 2.05) is 0 Å². The van der Waals surface area contributed by atoms with Crippen LogP contribution in [0.4, 0.5) is 0 Å². The Morgan fingerprint density at radius 2 is 0.967 bits per heavy atom. The van der Waals surface area contributed by atoms with Crippen LogP contribution in [-0.2, 0) is 0 Å². The molecule has 3 saturated heterocycles. The van der Waals surface area contributed by atoms with E-state index >= 15 is 0 Å². The monoisotopic (exact) mass is 424 g/mol. The van der Waals surface area contributed by atoms with Gasteiger partial charge < -0.3 is 14.7 Å². The highest BCUT2D eigenvalue weighted by molar-refractivity contribution is 4.73. The van der Waals surface area contributed by atoms with E-state index in [0.717, 1.165) is 24.0 Å². The lowest BCUT2D eigenvalue weighted by molar-refractivity contribution is 0.112. The van der Waals surface area contributed by atoms with Crippen LogP contribution in [-0.4, -0.2) is 96.6 Å². The third-order valence-corrected chi connectivity index (χ3v) is 7.25. The first kappa shape index (κ1) is 27.9. The minimum atomic E-state index is 0.731. The Hall–Kier alpha value is -0.160. The molecule has 0 atom stereocenters. The second-order valence-electron chi connectivity index (χ2n) is 10.6. The van der Waals surface area contributed by atoms with Crippen molar-refractivity contribution in [1.29, 1.82) is 0 Å². The van der Waals surface area contributed by atoms with Gasteiger partial charge >= 0.3 is 0 Å². The van der Waals surface area contributed by atoms with Crippen molar-refractivity contribution in [2.75, 3.05) is 58.9 Å². The SMILES string of the molecule is CC(C)N1CCCCC1.CC1CCN(C(C)C)CC1.CCN1CCN(C(C)C)CC1. The lowest BCUT2D eigenvalue weighted by Gasteiger charge is -2.36. The zero-order valence-corrected chi connectivity index (χ0v) is 22.0. The summed E-state index contributed by atoms with van der Waals surface area (Å²) in [6, 6.07) is 2.26. The number of piperidine rings is 2. The minimum absolute atomic E-state index is 0.731. The largest absolute Gasteiger partial charge is 0.301 e. The van der Waals surface area contributed by atoms with E-state index in [1.165, 1.54) is 91.0 Å². The summed E-state index contributed by atoms with van der Waals surface area (Å²) >= 11 is 0. The van der Waals surface area contributed by atoms with E-state index in [4.69, 9.17) is 0 Å². The zero-order valence-electron chi connectivity index (χ0n) is 22.0. The lowest BCUT2D eigenvalue weighted by Crippen LogP contribution is -2.48. The predicted octanol–water partition coefficient (Wildman–Crippen LogP) is 5.04. The summed E-state index contributed by atoms with van der Waals surface area (Å²) in [7, 11) is 0. The van der Waals surface area contributed by atoms with Crippen LogP contribution in [0.1, 0.15) is 87.5 Å². The smallest absolute Gasteiger partial charge is 0.0113 e. The van der Waals surface area contributed by atoms with Crippen molar-refractivity contribution in [2.45, 2.75) is 106 Å². The Morgan fingerprint density at radius 3 is 1.33 bits per heavy atom. The fourth-order valence-electron chi connectivity index (χ4n) is 4.58. The second-order valence-corrected chi connectivity index (χ2v) is 10.6. The molecular weight excluding hydrogens is 368 g/mol. The standard InChI is InChI=1S/C9H20N2.C9H19N.C8H17N/c1-4-10-5-7-11(8-6-10)9(2)3;1-8(2)10-6-4-9(3)5-7-10;1-8(2)9-6-4-3-5-7-9/h9H,4-8H2,1-3H3;8-9H,4-7H2,1-3H3;8H,3-7H2,1-2H3. The molecule has 3 rings (SSSR count). The summed E-state index contributed by atoms with van der Waals surface area (Å²) in [4.78, 5) is 10.2. The van der Waals surface area contributed by atoms with Gasteiger partial charge in [-0.25, -0.2) is 0 Å². The fourth-order valence-corrected chi connectivity index (χ4v) is 4.58. The van der Waals surface area contributed by atoms with E-state index in [-0.39, 0.29) is 0 Å². The average Bonchev–Trinajstić information content (AvgIpc) is 2.75. The van der Waals surface area contributed by atoms with Crippen LogP contribution in [0.3, 0.4) is 0 Å². The Bertz CT molecular complexity index is 388. The van der Waals surface area contributed by atoms with E-state index in [2.05, 4.69) is 75.0 Å². The Balaban J connectivity index is 0.000000226. The normalized spacial score (nSPS) is 23.3. The summed E-state index contributed by atoms with van der Waals surface area (Å²) in [5.41, 5.74) is 0. The molecule has 0 radical (unpaired) electrons. The molecule has 0 aromatic carbocycles. The number of likely N-dealkylation sites (tertiary alicyclic amines) is 2. The van der Waals surface area contributed by atoms with Crippen LogP contribution in [0.2, 0.25) is 0 Å². The number of hydrogen-bond acceptors (Lipinski definition) is 4. The first-order valence-electron chi connectivity index (χ1n) is 13.2. The molecule has 0 aliphatic carbocycles. The van der Waals surface area contributed by atoms with E-state index in [9.17, 15) is 0 Å². The van der Waals surface area contributed by atoms with Crippen molar-refractivity contribution >= 4 is 0 Å². The van der Waals surface area contributed by atoms with Gasteiger partial charge in [0, 0.05) is 44.3 Å². The molecule has 30 heavy (non-hydrogen) atoms. The van der Waals surface area contributed by atoms with Crippen molar-refractivity contribution in [2.24, 2.45) is 5.92 Å². The Kier molecular flexibility index (Phi) is 14.5. The van der Waals surface area contributed by atoms with Gasteiger partial charge in [0.1, 0.15) is 0 Å². The molecule has 3 heterocycles. The van der Waals surface area contributed by atoms with Crippen molar-refractivity contribution in [3.63, 3.8) is 0 Å². The maximum atomic E-state index is 2.57. The number of hydrogen-bond donors (Lipinski definition) is 0. The van der Waals surface area contributed by atoms with E-state index < -0.39 is 0 Å². The van der Waals surface area contributed by atoms with Gasteiger partial charge in [0.2, 0.25) is 0 Å². The Morgan fingerprint density at radius 1 is 0.567 bits per heavy atom. The average molecular weight is 425 g/mol. The summed E-state index contributed by atoms with van der Waals surface area (Å²) in [6.45, 7) is 29.8. The maximum Gasteiger partial charge on any atom is 0.0113 e. The first-order valence-corrected chi connectivity index (χ1v) is 13.2. The molecule has 0 N–H and O–H groups in total. The van der Waals surface area contributed by atoms with E-state index in [0.29, 0.717) is 0 Å². The van der Waals surface area contributed by atoms with Crippen LogP contribution >= 0.6 is 0 Å². The molecule has 0 aromatic heterocycles. The van der Waals surface area contributed by atoms with Crippen LogP contribution in [0.25, 0.3) is 0 Å². The number of piperazine rings is 1. The van der Waals surface area contributed by atoms with Gasteiger partial charge in [-0.2, -0.15) is 0 Å². The molecule has 0 saturated carbocycles. The van der Waals surface area contributed by atoms with Crippen molar-refractivity contribution in [1.82, 2.24) is 19.6 Å². The molecule has 3 fully saturated rings. The minimum Gasteiger partial charge on any atom is -0.301 e. The summed E-state index contributed by atoms with van der Waals surface area (Å²) < 4.78 is 0. The lowest BCUT2D eigenvalue weighted by atomic mass is 9.98. The zero-order chi connectivity index (χ0) is 22.5. The number of likely N-dealkylation sites (N-methyl/N-ethyl adjacent to an activating group) is 1. The highest BCUT2D eigenvalue weighted by atomic mass is 15.3. The van der Waals surface area contributed by atoms with Crippen LogP contribution in [0, 0.1) is 5.92 Å². The van der Waals surface area contributed by atoms with Gasteiger partial charge in [0.15, 0.2) is 0 Å². The van der Waals surface area contributed by atoms with Gasteiger partial charge in [-0.15, -0.1) is 0 Å². The molecule has 0 bridgehead atoms. The van der Waals surface area contributed by atoms with Gasteiger partial charge in [-0.3, -0.25) is 4.90 Å². The molecular formula is C26H56N4. The van der Waals surface area contributed by atoms with Crippen molar-refractivity contribution in [3.8, 4) is 0 Å². The first-order chi connectivity index (χ1) is 14.2. The number of rotatable bonds is 4. The fraction of sp³-hybridized carbons (Fsp3) is 1.00. The third kappa shape index (κ3) is 11.5. The number of nitrogens with zero attached hydrogens (tertiary/aromatic N) is 4. The molecule has 0 unspecified atom stereocenters. The van der Waals surface area contributed by atoms with Gasteiger partial charge in [-0.05, 0) is 106 Å². The highest BCUT2D eigenvalue weighted by Gasteiger charge is 2.17. The molecule has 3 aliphatic rings. The van der Waals surface area contributed by atoms with E-state index in [1.54, 1.807) is 0 Å². The van der Waals surface area contributed by atoms with Crippen molar-refractivity contribution in [3.05, 3.63) is 0 Å². The Labute approximate surface area is 190 Å². The summed E-state index contributed by atoms with van der Waals surface area (Å²) in [6.07, 6.45) is 7.08. The summed E-state index contributed by atoms with van der Waals surface area (Å²) in [5, 5.41) is 0. The topological polar surface area (TPSA) is 13.0 Å². The van der Waals surface area contributed by atoms with Gasteiger partial charge in [0.25, 0.3) is 0 Å². The van der Waals surface area contributed by atoms with Crippen LogP contribution in [0.15, 0.2) is 0 Å². The molecule has 180 valence electrons. The molecule has 0 aromatic rings. The van der Waals surface area contributed by atoms with Crippen LogP contribution in [0.5, 0.6) is 0 Å². The molecule has 4 heteroatoms. The molecule has 4 nitrogen and oxygen atoms in total. The molecule has 3 aliphatic heterocycles. The van der Waals surface area contributed by atoms with Crippen LogP contribution < -0.4 is 0 Å². The third-order valence-electron chi connectivity index (χ3n) is 7.25. The molecule has 0 amide bonds. The van der Waals surface area contributed by atoms with Gasteiger partial charge in [0.05, 0.1) is 0 Å². The van der Waals surface area contributed by atoms with Gasteiger partial charge in [-0.1, -0.05) is 20.3 Å². The quantitative estimate of drug-likeness (QED) is 0.627. The molecule has 0 spiro atoms. The highest BCUT2D eigenvalue weighted by Crippen LogP contribution is 2.17. The second kappa shape index (κ2) is 15.6.